The lowest BCUT2D eigenvalue weighted by Gasteiger charge is -2.21. The topological polar surface area (TPSA) is 76.1 Å². The number of carboxylic acids is 1. The molecule has 0 aliphatic rings. The molecule has 1 amide bonds. The molecule has 0 saturated heterocycles. The van der Waals surface area contributed by atoms with Gasteiger partial charge in [0.1, 0.15) is 6.54 Å². The molecule has 0 radical (unpaired) electrons. The highest BCUT2D eigenvalue weighted by Crippen LogP contribution is 2.26. The molecule has 0 aromatic heterocycles. The summed E-state index contributed by atoms with van der Waals surface area (Å²) in [4.78, 5) is 24.8. The number of carboxylic acid groups (broad SMARTS) is 1. The van der Waals surface area contributed by atoms with E-state index in [1.54, 1.807) is 18.2 Å². The molecular weight excluding hydrogens is 334 g/mol. The third-order valence-electron chi connectivity index (χ3n) is 3.69. The molecule has 26 heavy (non-hydrogen) atoms. The van der Waals surface area contributed by atoms with Crippen LogP contribution in [0.5, 0.6) is 11.5 Å². The van der Waals surface area contributed by atoms with Gasteiger partial charge < -0.3 is 19.5 Å². The Morgan fingerprint density at radius 2 is 1.58 bits per heavy atom. The number of carbonyl (C=O) groups is 2. The molecule has 2 rings (SSSR count). The molecule has 0 aliphatic carbocycles. The summed E-state index contributed by atoms with van der Waals surface area (Å²) in [5.41, 5.74) is 1.04. The number of hydrogen-bond acceptors (Lipinski definition) is 4. The van der Waals surface area contributed by atoms with Crippen molar-refractivity contribution in [3.8, 4) is 11.5 Å². The monoisotopic (exact) mass is 357 g/mol. The number of hydrogen-bond donors (Lipinski definition) is 1. The molecule has 6 heteroatoms. The molecule has 0 bridgehead atoms. The summed E-state index contributed by atoms with van der Waals surface area (Å²) in [6, 6.07) is 16.7. The fraction of sp³-hybridized carbons (Fsp3) is 0.300. The summed E-state index contributed by atoms with van der Waals surface area (Å²) in [6.07, 6.45) is 0.579. The van der Waals surface area contributed by atoms with E-state index < -0.39 is 5.97 Å². The van der Waals surface area contributed by atoms with Crippen LogP contribution in [-0.4, -0.2) is 48.2 Å². The summed E-state index contributed by atoms with van der Waals surface area (Å²) in [5.74, 6) is -0.423. The van der Waals surface area contributed by atoms with Crippen LogP contribution in [0.15, 0.2) is 54.6 Å². The van der Waals surface area contributed by atoms with Gasteiger partial charge in [-0.15, -0.1) is 0 Å². The van der Waals surface area contributed by atoms with Crippen LogP contribution in [0, 0.1) is 0 Å². The van der Waals surface area contributed by atoms with E-state index >= 15 is 0 Å². The van der Waals surface area contributed by atoms with E-state index in [4.69, 9.17) is 14.6 Å². The average molecular weight is 357 g/mol. The molecular formula is C20H23NO5. The first-order valence-electron chi connectivity index (χ1n) is 8.48. The Kier molecular flexibility index (Phi) is 7.49. The number of aliphatic carboxylic acids is 1. The lowest BCUT2D eigenvalue weighted by atomic mass is 10.1. The zero-order valence-electron chi connectivity index (χ0n) is 14.8. The first kappa shape index (κ1) is 19.3. The molecule has 6 nitrogen and oxygen atoms in total. The van der Waals surface area contributed by atoms with Crippen molar-refractivity contribution in [1.82, 2.24) is 4.90 Å². The Morgan fingerprint density at radius 1 is 0.962 bits per heavy atom. The van der Waals surface area contributed by atoms with Gasteiger partial charge in [-0.3, -0.25) is 9.59 Å². The normalized spacial score (nSPS) is 10.2. The number of amides is 1. The van der Waals surface area contributed by atoms with Gasteiger partial charge in [-0.05, 0) is 31.0 Å². The smallest absolute Gasteiger partial charge is 0.323 e. The van der Waals surface area contributed by atoms with Gasteiger partial charge in [-0.25, -0.2) is 0 Å². The first-order valence-corrected chi connectivity index (χ1v) is 8.48. The number of benzene rings is 2. The van der Waals surface area contributed by atoms with E-state index in [0.29, 0.717) is 31.1 Å². The first-order chi connectivity index (χ1) is 12.6. The summed E-state index contributed by atoms with van der Waals surface area (Å²) in [7, 11) is 0. The molecule has 0 unspecified atom stereocenters. The third kappa shape index (κ3) is 6.12. The van der Waals surface area contributed by atoms with Crippen molar-refractivity contribution in [2.45, 2.75) is 13.3 Å². The second-order valence-electron chi connectivity index (χ2n) is 5.61. The van der Waals surface area contributed by atoms with Gasteiger partial charge in [0.15, 0.2) is 18.1 Å². The number of ether oxygens (including phenoxy) is 2. The molecule has 0 spiro atoms. The van der Waals surface area contributed by atoms with Crippen molar-refractivity contribution >= 4 is 11.9 Å². The Balaban J connectivity index is 1.96. The molecule has 2 aromatic rings. The van der Waals surface area contributed by atoms with Crippen LogP contribution in [0.4, 0.5) is 0 Å². The molecule has 0 aliphatic heterocycles. The highest BCUT2D eigenvalue weighted by molar-refractivity contribution is 5.82. The molecule has 2 aromatic carbocycles. The Bertz CT molecular complexity index is 717. The van der Waals surface area contributed by atoms with E-state index in [2.05, 4.69) is 0 Å². The van der Waals surface area contributed by atoms with E-state index in [0.717, 1.165) is 5.56 Å². The fourth-order valence-corrected chi connectivity index (χ4v) is 2.44. The van der Waals surface area contributed by atoms with Gasteiger partial charge in [0.05, 0.1) is 6.61 Å². The van der Waals surface area contributed by atoms with E-state index in [1.165, 1.54) is 4.90 Å². The highest BCUT2D eigenvalue weighted by atomic mass is 16.5. The fourth-order valence-electron chi connectivity index (χ4n) is 2.44. The van der Waals surface area contributed by atoms with Gasteiger partial charge >= 0.3 is 5.97 Å². The van der Waals surface area contributed by atoms with Crippen LogP contribution < -0.4 is 9.47 Å². The van der Waals surface area contributed by atoms with E-state index in [9.17, 15) is 9.59 Å². The summed E-state index contributed by atoms with van der Waals surface area (Å²) >= 11 is 0. The number of rotatable bonds is 10. The minimum atomic E-state index is -1.05. The van der Waals surface area contributed by atoms with Crippen LogP contribution in [0.2, 0.25) is 0 Å². The zero-order valence-corrected chi connectivity index (χ0v) is 14.8. The quantitative estimate of drug-likeness (QED) is 0.707. The lowest BCUT2D eigenvalue weighted by Crippen LogP contribution is -2.40. The van der Waals surface area contributed by atoms with Crippen LogP contribution in [0.25, 0.3) is 0 Å². The van der Waals surface area contributed by atoms with Crippen molar-refractivity contribution in [3.63, 3.8) is 0 Å². The van der Waals surface area contributed by atoms with Crippen molar-refractivity contribution in [2.75, 3.05) is 26.3 Å². The van der Waals surface area contributed by atoms with Gasteiger partial charge in [0.2, 0.25) is 0 Å². The summed E-state index contributed by atoms with van der Waals surface area (Å²) < 4.78 is 11.0. The summed E-state index contributed by atoms with van der Waals surface area (Å²) in [5, 5.41) is 9.07. The molecule has 0 atom stereocenters. The van der Waals surface area contributed by atoms with Crippen LogP contribution in [0.3, 0.4) is 0 Å². The number of carbonyl (C=O) groups excluding carboxylic acids is 1. The minimum absolute atomic E-state index is 0.244. The standard InChI is InChI=1S/C20H23NO5/c1-2-25-17-10-6-7-11-18(17)26-15-19(22)21(14-20(23)24)13-12-16-8-4-3-5-9-16/h3-11H,2,12-15H2,1H3,(H,23,24). The molecule has 0 saturated carbocycles. The largest absolute Gasteiger partial charge is 0.490 e. The van der Waals surface area contributed by atoms with Crippen LogP contribution in [0.1, 0.15) is 12.5 Å². The number of nitrogens with zero attached hydrogens (tertiary/aromatic N) is 1. The predicted octanol–water partition coefficient (Wildman–Crippen LogP) is 2.62. The maximum absolute atomic E-state index is 12.4. The van der Waals surface area contributed by atoms with Crippen molar-refractivity contribution < 1.29 is 24.2 Å². The molecule has 1 N–H and O–H groups in total. The second-order valence-corrected chi connectivity index (χ2v) is 5.61. The Labute approximate surface area is 153 Å². The van der Waals surface area contributed by atoms with Crippen molar-refractivity contribution in [2.24, 2.45) is 0 Å². The maximum atomic E-state index is 12.4. The van der Waals surface area contributed by atoms with Crippen LogP contribution in [-0.2, 0) is 16.0 Å². The SMILES string of the molecule is CCOc1ccccc1OCC(=O)N(CCc1ccccc1)CC(=O)O. The lowest BCUT2D eigenvalue weighted by molar-refractivity contribution is -0.145. The zero-order chi connectivity index (χ0) is 18.8. The Hall–Kier alpha value is -3.02. The molecule has 0 heterocycles. The third-order valence-corrected chi connectivity index (χ3v) is 3.69. The maximum Gasteiger partial charge on any atom is 0.323 e. The average Bonchev–Trinajstić information content (AvgIpc) is 2.65. The van der Waals surface area contributed by atoms with Crippen molar-refractivity contribution in [3.05, 3.63) is 60.2 Å². The minimum Gasteiger partial charge on any atom is -0.490 e. The Morgan fingerprint density at radius 3 is 2.19 bits per heavy atom. The molecule has 138 valence electrons. The predicted molar refractivity (Wildman–Crippen MR) is 97.5 cm³/mol. The van der Waals surface area contributed by atoms with E-state index in [1.807, 2.05) is 43.3 Å². The number of para-hydroxylation sites is 2. The van der Waals surface area contributed by atoms with Gasteiger partial charge in [-0.2, -0.15) is 0 Å². The second kappa shape index (κ2) is 10.1. The van der Waals surface area contributed by atoms with Gasteiger partial charge in [0, 0.05) is 6.54 Å². The highest BCUT2D eigenvalue weighted by Gasteiger charge is 2.18. The molecule has 0 fully saturated rings. The van der Waals surface area contributed by atoms with Crippen molar-refractivity contribution in [1.29, 1.82) is 0 Å². The van der Waals surface area contributed by atoms with Gasteiger partial charge in [-0.1, -0.05) is 42.5 Å². The van der Waals surface area contributed by atoms with E-state index in [-0.39, 0.29) is 19.1 Å². The van der Waals surface area contributed by atoms with Crippen LogP contribution >= 0.6 is 0 Å². The summed E-state index contributed by atoms with van der Waals surface area (Å²) in [6.45, 7) is 2.05. The van der Waals surface area contributed by atoms with Gasteiger partial charge in [0.25, 0.3) is 5.91 Å².